The summed E-state index contributed by atoms with van der Waals surface area (Å²) in [5, 5.41) is 14.1. The smallest absolute Gasteiger partial charge is 0.267 e. The maximum atomic E-state index is 13.0. The highest BCUT2D eigenvalue weighted by Gasteiger charge is 2.31. The number of aryl methyl sites for hydroxylation is 3. The number of amides is 1. The second-order valence-electron chi connectivity index (χ2n) is 9.25. The van der Waals surface area contributed by atoms with Crippen molar-refractivity contribution in [2.45, 2.75) is 43.8 Å². The van der Waals surface area contributed by atoms with Crippen molar-refractivity contribution in [3.63, 3.8) is 0 Å². The quantitative estimate of drug-likeness (QED) is 0.382. The highest BCUT2D eigenvalue weighted by Crippen LogP contribution is 2.30. The molecule has 0 bridgehead atoms. The lowest BCUT2D eigenvalue weighted by Crippen LogP contribution is -2.39. The first-order valence-corrected chi connectivity index (χ1v) is 15.0. The average Bonchev–Trinajstić information content (AvgIpc) is 3.51. The van der Waals surface area contributed by atoms with Gasteiger partial charge in [0.15, 0.2) is 0 Å². The Hall–Kier alpha value is -3.16. The first-order valence-electron chi connectivity index (χ1n) is 12.2. The van der Waals surface area contributed by atoms with Crippen LogP contribution in [0.15, 0.2) is 41.6 Å². The Morgan fingerprint density at radius 1 is 1.29 bits per heavy atom. The summed E-state index contributed by atoms with van der Waals surface area (Å²) in [6.45, 7) is 4.66. The summed E-state index contributed by atoms with van der Waals surface area (Å²) in [6, 6.07) is 7.52. The molecule has 2 atom stereocenters. The lowest BCUT2D eigenvalue weighted by Gasteiger charge is -2.20. The Balaban J connectivity index is 1.61. The highest BCUT2D eigenvalue weighted by molar-refractivity contribution is 7.98. The van der Waals surface area contributed by atoms with Gasteiger partial charge in [-0.05, 0) is 43.4 Å². The second-order valence-corrected chi connectivity index (χ2v) is 11.9. The minimum atomic E-state index is -3.99. The molecule has 1 aromatic carbocycles. The van der Waals surface area contributed by atoms with Gasteiger partial charge in [-0.1, -0.05) is 18.2 Å². The molecule has 0 radical (unpaired) electrons. The monoisotopic (exact) mass is 560 g/mol. The van der Waals surface area contributed by atoms with E-state index in [1.54, 1.807) is 29.8 Å². The van der Waals surface area contributed by atoms with Crippen molar-refractivity contribution in [2.75, 3.05) is 29.8 Å². The molecular formula is C25H32N6O5S2. The molecule has 3 heterocycles. The first kappa shape index (κ1) is 27.9. The zero-order chi connectivity index (χ0) is 27.4. The standard InChI is InChI=1S/C25H32N6O5S2/c1-16-6-5-7-17(2)23(16)20-12-22(28-25(27-20)29-38(34,35)19-13-26-30(3)15-19)36-18-8-10-31(14-18)24(33)21(32)9-11-37-4/h5-7,12-13,15,18,21,32H,8-11,14H2,1-4H3,(H,27,28,29). The number of anilines is 1. The summed E-state index contributed by atoms with van der Waals surface area (Å²) >= 11 is 1.58. The molecule has 204 valence electrons. The topological polar surface area (TPSA) is 140 Å². The third-order valence-electron chi connectivity index (χ3n) is 6.28. The Morgan fingerprint density at radius 3 is 2.68 bits per heavy atom. The maximum absolute atomic E-state index is 13.0. The molecule has 38 heavy (non-hydrogen) atoms. The number of likely N-dealkylation sites (tertiary alicyclic amines) is 1. The van der Waals surface area contributed by atoms with Crippen molar-refractivity contribution >= 4 is 33.6 Å². The summed E-state index contributed by atoms with van der Waals surface area (Å²) in [5.41, 5.74) is 3.29. The van der Waals surface area contributed by atoms with E-state index in [0.717, 1.165) is 16.7 Å². The molecule has 0 aliphatic carbocycles. The molecule has 1 aliphatic rings. The van der Waals surface area contributed by atoms with Crippen LogP contribution < -0.4 is 9.46 Å². The van der Waals surface area contributed by atoms with Crippen LogP contribution in [-0.2, 0) is 21.9 Å². The molecule has 4 rings (SSSR count). The van der Waals surface area contributed by atoms with Crippen LogP contribution in [0.5, 0.6) is 5.88 Å². The molecular weight excluding hydrogens is 528 g/mol. The fraction of sp³-hybridized carbons (Fsp3) is 0.440. The van der Waals surface area contributed by atoms with Crippen molar-refractivity contribution in [3.8, 4) is 17.1 Å². The number of aromatic nitrogens is 4. The number of nitrogens with zero attached hydrogens (tertiary/aromatic N) is 5. The van der Waals surface area contributed by atoms with Gasteiger partial charge < -0.3 is 14.7 Å². The number of carbonyl (C=O) groups excluding carboxylic acids is 1. The van der Waals surface area contributed by atoms with Crippen molar-refractivity contribution in [3.05, 3.63) is 47.8 Å². The molecule has 0 spiro atoms. The number of aliphatic hydroxyl groups excluding tert-OH is 1. The summed E-state index contributed by atoms with van der Waals surface area (Å²) in [6.07, 6.45) is 4.10. The van der Waals surface area contributed by atoms with Gasteiger partial charge in [0.1, 0.15) is 17.1 Å². The molecule has 3 aromatic rings. The number of thioether (sulfide) groups is 1. The number of hydrogen-bond donors (Lipinski definition) is 2. The van der Waals surface area contributed by atoms with Crippen molar-refractivity contribution in [1.82, 2.24) is 24.6 Å². The number of aliphatic hydroxyl groups is 1. The van der Waals surface area contributed by atoms with Crippen LogP contribution in [0.3, 0.4) is 0 Å². The second kappa shape index (κ2) is 11.7. The normalized spacial score (nSPS) is 16.4. The van der Waals surface area contributed by atoms with E-state index in [2.05, 4.69) is 19.8 Å². The third-order valence-corrected chi connectivity index (χ3v) is 8.21. The molecule has 1 amide bonds. The van der Waals surface area contributed by atoms with Crippen molar-refractivity contribution in [1.29, 1.82) is 0 Å². The van der Waals surface area contributed by atoms with Crippen molar-refractivity contribution < 1.29 is 23.1 Å². The van der Waals surface area contributed by atoms with Gasteiger partial charge in [0, 0.05) is 37.8 Å². The van der Waals surface area contributed by atoms with Gasteiger partial charge >= 0.3 is 0 Å². The van der Waals surface area contributed by atoms with Crippen LogP contribution in [-0.4, -0.2) is 81.4 Å². The highest BCUT2D eigenvalue weighted by atomic mass is 32.2. The van der Waals surface area contributed by atoms with Gasteiger partial charge in [-0.15, -0.1) is 0 Å². The molecule has 2 unspecified atom stereocenters. The van der Waals surface area contributed by atoms with E-state index >= 15 is 0 Å². The zero-order valence-corrected chi connectivity index (χ0v) is 23.4. The van der Waals surface area contributed by atoms with Gasteiger partial charge in [0.05, 0.1) is 18.4 Å². The first-order chi connectivity index (χ1) is 18.1. The van der Waals surface area contributed by atoms with Crippen LogP contribution in [0.4, 0.5) is 5.95 Å². The van der Waals surface area contributed by atoms with Crippen LogP contribution in [0.25, 0.3) is 11.3 Å². The van der Waals surface area contributed by atoms with E-state index in [0.29, 0.717) is 37.4 Å². The maximum Gasteiger partial charge on any atom is 0.267 e. The van der Waals surface area contributed by atoms with Gasteiger partial charge in [-0.25, -0.2) is 18.1 Å². The number of nitrogens with one attached hydrogen (secondary N) is 1. The fourth-order valence-corrected chi connectivity index (χ4v) is 5.74. The third kappa shape index (κ3) is 6.45. The van der Waals surface area contributed by atoms with Gasteiger partial charge in [0.2, 0.25) is 11.8 Å². The molecule has 1 fully saturated rings. The molecule has 2 N–H and O–H groups in total. The molecule has 1 saturated heterocycles. The lowest BCUT2D eigenvalue weighted by molar-refractivity contribution is -0.139. The molecule has 1 aliphatic heterocycles. The average molecular weight is 561 g/mol. The summed E-state index contributed by atoms with van der Waals surface area (Å²) in [4.78, 5) is 23.0. The number of carbonyl (C=O) groups is 1. The minimum absolute atomic E-state index is 0.0199. The lowest BCUT2D eigenvalue weighted by atomic mass is 10.00. The molecule has 2 aromatic heterocycles. The van der Waals surface area contributed by atoms with Crippen LogP contribution in [0.2, 0.25) is 0 Å². The van der Waals surface area contributed by atoms with Gasteiger partial charge in [0.25, 0.3) is 15.9 Å². The summed E-state index contributed by atoms with van der Waals surface area (Å²) in [7, 11) is -2.36. The summed E-state index contributed by atoms with van der Waals surface area (Å²) in [5.74, 6) is 0.431. The number of benzene rings is 1. The van der Waals surface area contributed by atoms with E-state index in [9.17, 15) is 18.3 Å². The number of sulfonamides is 1. The largest absolute Gasteiger partial charge is 0.472 e. The Bertz CT molecular complexity index is 1390. The Morgan fingerprint density at radius 2 is 2.03 bits per heavy atom. The van der Waals surface area contributed by atoms with Crippen LogP contribution in [0.1, 0.15) is 24.0 Å². The van der Waals surface area contributed by atoms with E-state index in [1.807, 2.05) is 38.3 Å². The predicted molar refractivity (Wildman–Crippen MR) is 146 cm³/mol. The van der Waals surface area contributed by atoms with E-state index < -0.39 is 16.1 Å². The minimum Gasteiger partial charge on any atom is -0.472 e. The number of hydrogen-bond acceptors (Lipinski definition) is 9. The van der Waals surface area contributed by atoms with Crippen LogP contribution in [0, 0.1) is 13.8 Å². The molecule has 13 heteroatoms. The van der Waals surface area contributed by atoms with E-state index in [1.165, 1.54) is 17.1 Å². The summed E-state index contributed by atoms with van der Waals surface area (Å²) < 4.78 is 35.9. The Labute approximate surface area is 226 Å². The SMILES string of the molecule is CSCCC(O)C(=O)N1CCC(Oc2cc(-c3c(C)cccc3C)nc(NS(=O)(=O)c3cnn(C)c3)n2)C1. The van der Waals surface area contributed by atoms with E-state index in [4.69, 9.17) is 4.74 Å². The van der Waals surface area contributed by atoms with E-state index in [-0.39, 0.29) is 28.7 Å². The van der Waals surface area contributed by atoms with Gasteiger partial charge in [-0.3, -0.25) is 9.48 Å². The van der Waals surface area contributed by atoms with Gasteiger partial charge in [-0.2, -0.15) is 21.8 Å². The fourth-order valence-electron chi connectivity index (χ4n) is 4.35. The Kier molecular flexibility index (Phi) is 8.58. The molecule has 0 saturated carbocycles. The molecule has 11 nitrogen and oxygen atoms in total. The predicted octanol–water partition coefficient (Wildman–Crippen LogP) is 2.39. The number of ether oxygens (including phenoxy) is 1. The number of rotatable bonds is 10. The van der Waals surface area contributed by atoms with Crippen LogP contribution >= 0.6 is 11.8 Å². The zero-order valence-electron chi connectivity index (χ0n) is 21.8. The van der Waals surface area contributed by atoms with Crippen molar-refractivity contribution in [2.24, 2.45) is 7.05 Å².